The van der Waals surface area contributed by atoms with E-state index in [0.29, 0.717) is 43.3 Å². The standard InChI is InChI=1S/C20H19Br2NO5S/c1-3-5-17-19(20(24)27-4-2)14-11-13(7-9-16(14)28-17)23-29(25,26)18-10-12(21)6-8-15(18)22/h6-11,23H,3-5H2,1-2H3. The number of furan rings is 1. The summed E-state index contributed by atoms with van der Waals surface area (Å²) >= 11 is 6.56. The molecule has 3 aromatic rings. The molecule has 2 aromatic carbocycles. The van der Waals surface area contributed by atoms with E-state index in [1.165, 1.54) is 6.07 Å². The van der Waals surface area contributed by atoms with Gasteiger partial charge in [-0.05, 0) is 65.7 Å². The van der Waals surface area contributed by atoms with Gasteiger partial charge in [0.15, 0.2) is 0 Å². The summed E-state index contributed by atoms with van der Waals surface area (Å²) in [7, 11) is -3.86. The Bertz CT molecular complexity index is 1170. The average Bonchev–Trinajstić information content (AvgIpc) is 3.01. The van der Waals surface area contributed by atoms with E-state index in [-0.39, 0.29) is 11.5 Å². The minimum absolute atomic E-state index is 0.0939. The number of carbonyl (C=O) groups excluding carboxylic acids is 1. The lowest BCUT2D eigenvalue weighted by molar-refractivity contribution is 0.0526. The molecule has 1 heterocycles. The van der Waals surface area contributed by atoms with Crippen LogP contribution in [0.1, 0.15) is 36.4 Å². The lowest BCUT2D eigenvalue weighted by Gasteiger charge is -2.10. The summed E-state index contributed by atoms with van der Waals surface area (Å²) < 4.78 is 40.4. The zero-order valence-corrected chi connectivity index (χ0v) is 19.8. The van der Waals surface area contributed by atoms with E-state index in [1.807, 2.05) is 6.92 Å². The van der Waals surface area contributed by atoms with Crippen LogP contribution in [0.2, 0.25) is 0 Å². The third-order valence-electron chi connectivity index (χ3n) is 4.15. The fourth-order valence-electron chi connectivity index (χ4n) is 2.94. The van der Waals surface area contributed by atoms with Gasteiger partial charge < -0.3 is 9.15 Å². The Morgan fingerprint density at radius 1 is 1.14 bits per heavy atom. The highest BCUT2D eigenvalue weighted by Gasteiger charge is 2.23. The Hall–Kier alpha value is -1.84. The quantitative estimate of drug-likeness (QED) is 0.375. The van der Waals surface area contributed by atoms with Crippen molar-refractivity contribution >= 4 is 64.5 Å². The number of hydrogen-bond acceptors (Lipinski definition) is 5. The summed E-state index contributed by atoms with van der Waals surface area (Å²) in [6, 6.07) is 9.72. The number of benzene rings is 2. The first kappa shape index (κ1) is 21.9. The largest absolute Gasteiger partial charge is 0.462 e. The van der Waals surface area contributed by atoms with Crippen molar-refractivity contribution in [2.24, 2.45) is 0 Å². The molecule has 9 heteroatoms. The van der Waals surface area contributed by atoms with Crippen LogP contribution >= 0.6 is 31.9 Å². The van der Waals surface area contributed by atoms with E-state index in [2.05, 4.69) is 36.6 Å². The number of carbonyl (C=O) groups is 1. The molecule has 0 aliphatic heterocycles. The number of aryl methyl sites for hydroxylation is 1. The second kappa shape index (κ2) is 8.89. The molecule has 0 saturated carbocycles. The smallest absolute Gasteiger partial charge is 0.342 e. The van der Waals surface area contributed by atoms with E-state index in [9.17, 15) is 13.2 Å². The Kier molecular flexibility index (Phi) is 6.70. The van der Waals surface area contributed by atoms with Crippen molar-refractivity contribution in [3.63, 3.8) is 0 Å². The van der Waals surface area contributed by atoms with Gasteiger partial charge in [0.2, 0.25) is 0 Å². The van der Waals surface area contributed by atoms with Crippen LogP contribution in [0.5, 0.6) is 0 Å². The number of rotatable bonds is 7. The van der Waals surface area contributed by atoms with Crippen molar-refractivity contribution in [1.82, 2.24) is 0 Å². The zero-order chi connectivity index (χ0) is 21.2. The van der Waals surface area contributed by atoms with Crippen LogP contribution in [0.15, 0.2) is 54.7 Å². The molecule has 0 bridgehead atoms. The molecular formula is C20H19Br2NO5S. The summed E-state index contributed by atoms with van der Waals surface area (Å²) in [5.41, 5.74) is 1.16. The Balaban J connectivity index is 2.06. The van der Waals surface area contributed by atoms with E-state index in [1.54, 1.807) is 37.3 Å². The van der Waals surface area contributed by atoms with Crippen molar-refractivity contribution in [1.29, 1.82) is 0 Å². The van der Waals surface area contributed by atoms with Crippen LogP contribution in [0, 0.1) is 0 Å². The van der Waals surface area contributed by atoms with Gasteiger partial charge >= 0.3 is 5.97 Å². The fourth-order valence-corrected chi connectivity index (χ4v) is 5.49. The molecule has 0 spiro atoms. The van der Waals surface area contributed by atoms with Gasteiger partial charge in [0.1, 0.15) is 21.8 Å². The number of nitrogens with one attached hydrogen (secondary N) is 1. The molecule has 0 atom stereocenters. The van der Waals surface area contributed by atoms with Crippen LogP contribution in [-0.4, -0.2) is 21.0 Å². The molecule has 0 aliphatic carbocycles. The highest BCUT2D eigenvalue weighted by atomic mass is 79.9. The van der Waals surface area contributed by atoms with Crippen molar-refractivity contribution in [3.8, 4) is 0 Å². The van der Waals surface area contributed by atoms with E-state index < -0.39 is 16.0 Å². The summed E-state index contributed by atoms with van der Waals surface area (Å²) in [5.74, 6) is 0.0557. The normalized spacial score (nSPS) is 11.6. The lowest BCUT2D eigenvalue weighted by Crippen LogP contribution is -2.13. The molecule has 0 fully saturated rings. The van der Waals surface area contributed by atoms with Gasteiger partial charge in [0.25, 0.3) is 10.0 Å². The highest BCUT2D eigenvalue weighted by molar-refractivity contribution is 9.11. The molecule has 0 unspecified atom stereocenters. The van der Waals surface area contributed by atoms with Crippen molar-refractivity contribution < 1.29 is 22.4 Å². The van der Waals surface area contributed by atoms with E-state index in [0.717, 1.165) is 6.42 Å². The zero-order valence-electron chi connectivity index (χ0n) is 15.8. The first-order chi connectivity index (χ1) is 13.8. The molecule has 0 saturated heterocycles. The topological polar surface area (TPSA) is 85.6 Å². The first-order valence-electron chi connectivity index (χ1n) is 8.97. The highest BCUT2D eigenvalue weighted by Crippen LogP contribution is 2.32. The number of fused-ring (bicyclic) bond motifs is 1. The van der Waals surface area contributed by atoms with Gasteiger partial charge in [-0.2, -0.15) is 0 Å². The van der Waals surface area contributed by atoms with Crippen LogP contribution in [0.3, 0.4) is 0 Å². The predicted molar refractivity (Wildman–Crippen MR) is 119 cm³/mol. The van der Waals surface area contributed by atoms with Gasteiger partial charge in [-0.1, -0.05) is 22.9 Å². The summed E-state index contributed by atoms with van der Waals surface area (Å²) in [4.78, 5) is 12.6. The molecule has 1 aromatic heterocycles. The van der Waals surface area contributed by atoms with Crippen molar-refractivity contribution in [3.05, 3.63) is 56.7 Å². The summed E-state index contributed by atoms with van der Waals surface area (Å²) in [6.45, 7) is 3.95. The molecule has 3 rings (SSSR count). The first-order valence-corrected chi connectivity index (χ1v) is 12.0. The maximum absolute atomic E-state index is 12.9. The minimum atomic E-state index is -3.86. The van der Waals surface area contributed by atoms with Gasteiger partial charge in [-0.15, -0.1) is 0 Å². The molecule has 0 amide bonds. The summed E-state index contributed by atoms with van der Waals surface area (Å²) in [6.07, 6.45) is 1.37. The fraction of sp³-hybridized carbons (Fsp3) is 0.250. The van der Waals surface area contributed by atoms with Gasteiger partial charge in [0.05, 0.1) is 6.61 Å². The SMILES string of the molecule is CCCc1oc2ccc(NS(=O)(=O)c3cc(Br)ccc3Br)cc2c1C(=O)OCC. The molecule has 0 aliphatic rings. The third-order valence-corrected chi connectivity index (χ3v) is 7.02. The molecule has 29 heavy (non-hydrogen) atoms. The number of esters is 1. The second-order valence-corrected chi connectivity index (χ2v) is 9.68. The van der Waals surface area contributed by atoms with E-state index in [4.69, 9.17) is 9.15 Å². The minimum Gasteiger partial charge on any atom is -0.462 e. The molecular weight excluding hydrogens is 526 g/mol. The summed E-state index contributed by atoms with van der Waals surface area (Å²) in [5, 5.41) is 0.514. The van der Waals surface area contributed by atoms with Crippen molar-refractivity contribution in [2.45, 2.75) is 31.6 Å². The average molecular weight is 545 g/mol. The second-order valence-electron chi connectivity index (χ2n) is 6.26. The molecule has 6 nitrogen and oxygen atoms in total. The predicted octanol–water partition coefficient (Wildman–Crippen LogP) is 5.89. The van der Waals surface area contributed by atoms with Gasteiger partial charge in [-0.25, -0.2) is 13.2 Å². The lowest BCUT2D eigenvalue weighted by atomic mass is 10.1. The molecule has 0 radical (unpaired) electrons. The van der Waals surface area contributed by atoms with Gasteiger partial charge in [-0.3, -0.25) is 4.72 Å². The number of halogens is 2. The molecule has 1 N–H and O–H groups in total. The third kappa shape index (κ3) is 4.67. The van der Waals surface area contributed by atoms with Crippen LogP contribution in [0.25, 0.3) is 11.0 Å². The Labute approximate surface area is 185 Å². The number of sulfonamides is 1. The van der Waals surface area contributed by atoms with Crippen LogP contribution in [0.4, 0.5) is 5.69 Å². The number of hydrogen-bond donors (Lipinski definition) is 1. The maximum Gasteiger partial charge on any atom is 0.342 e. The van der Waals surface area contributed by atoms with Gasteiger partial charge in [0, 0.05) is 26.4 Å². The monoisotopic (exact) mass is 543 g/mol. The maximum atomic E-state index is 12.9. The number of anilines is 1. The van der Waals surface area contributed by atoms with Crippen LogP contribution < -0.4 is 4.72 Å². The molecule has 154 valence electrons. The van der Waals surface area contributed by atoms with Crippen LogP contribution in [-0.2, 0) is 21.2 Å². The van der Waals surface area contributed by atoms with Crippen molar-refractivity contribution in [2.75, 3.05) is 11.3 Å². The number of ether oxygens (including phenoxy) is 1. The Morgan fingerprint density at radius 2 is 1.90 bits per heavy atom. The Morgan fingerprint density at radius 3 is 2.59 bits per heavy atom. The van der Waals surface area contributed by atoms with E-state index >= 15 is 0 Å².